The average Bonchev–Trinajstić information content (AvgIpc) is 2.56. The number of likely N-dealkylation sites (tertiary alicyclic amines) is 1. The highest BCUT2D eigenvalue weighted by Gasteiger charge is 2.25. The number of hydrogen-bond donors (Lipinski definition) is 1. The molecule has 88 valence electrons. The van der Waals surface area contributed by atoms with Crippen molar-refractivity contribution in [3.63, 3.8) is 0 Å². The summed E-state index contributed by atoms with van der Waals surface area (Å²) in [6, 6.07) is 1.85. The molecule has 0 atom stereocenters. The molecule has 1 amide bonds. The molecule has 1 aliphatic rings. The molecule has 0 aromatic carbocycles. The number of amides is 1. The number of H-pyrrole nitrogens is 1. The number of rotatable bonds is 1. The molecule has 3 heterocycles. The Morgan fingerprint density at radius 3 is 2.82 bits per heavy atom. The Kier molecular flexibility index (Phi) is 2.14. The van der Waals surface area contributed by atoms with Gasteiger partial charge in [-0.1, -0.05) is 0 Å². The molecule has 1 fully saturated rings. The summed E-state index contributed by atoms with van der Waals surface area (Å²) in [5.41, 5.74) is 3.08. The molecule has 0 bridgehead atoms. The lowest BCUT2D eigenvalue weighted by Crippen LogP contribution is -2.42. The third-order valence-corrected chi connectivity index (χ3v) is 3.21. The fraction of sp³-hybridized carbons (Fsp3) is 0.417. The first-order valence-electron chi connectivity index (χ1n) is 5.78. The zero-order valence-corrected chi connectivity index (χ0v) is 9.95. The van der Waals surface area contributed by atoms with E-state index < -0.39 is 0 Å². The number of pyridine rings is 1. The molecule has 2 aromatic heterocycles. The first-order chi connectivity index (χ1) is 8.16. The van der Waals surface area contributed by atoms with Gasteiger partial charge >= 0.3 is 0 Å². The quantitative estimate of drug-likeness (QED) is 0.806. The molecule has 5 nitrogen and oxygen atoms in total. The number of nitrogens with zero attached hydrogens (tertiary/aromatic N) is 3. The van der Waals surface area contributed by atoms with Crippen LogP contribution < -0.4 is 0 Å². The van der Waals surface area contributed by atoms with Crippen LogP contribution >= 0.6 is 0 Å². The predicted molar refractivity (Wildman–Crippen MR) is 63.9 cm³/mol. The smallest absolute Gasteiger partial charge is 0.254 e. The van der Waals surface area contributed by atoms with Gasteiger partial charge in [0.2, 0.25) is 0 Å². The molecule has 5 heteroatoms. The van der Waals surface area contributed by atoms with Crippen LogP contribution in [0.5, 0.6) is 0 Å². The van der Waals surface area contributed by atoms with E-state index in [0.29, 0.717) is 5.65 Å². The maximum Gasteiger partial charge on any atom is 0.254 e. The van der Waals surface area contributed by atoms with E-state index in [1.807, 2.05) is 24.8 Å². The number of aromatic nitrogens is 3. The maximum absolute atomic E-state index is 12.3. The molecule has 3 rings (SSSR count). The summed E-state index contributed by atoms with van der Waals surface area (Å²) >= 11 is 0. The third kappa shape index (κ3) is 1.50. The van der Waals surface area contributed by atoms with Crippen LogP contribution in [0, 0.1) is 13.8 Å². The van der Waals surface area contributed by atoms with E-state index in [9.17, 15) is 4.79 Å². The molecule has 0 aliphatic carbocycles. The Hall–Kier alpha value is -1.91. The molecule has 2 aromatic rings. The Balaban J connectivity index is 2.19. The van der Waals surface area contributed by atoms with Crippen molar-refractivity contribution >= 4 is 16.9 Å². The summed E-state index contributed by atoms with van der Waals surface area (Å²) in [7, 11) is 0. The second-order valence-electron chi connectivity index (χ2n) is 4.50. The molecule has 0 spiro atoms. The van der Waals surface area contributed by atoms with Crippen molar-refractivity contribution in [3.05, 3.63) is 23.0 Å². The summed E-state index contributed by atoms with van der Waals surface area (Å²) in [5.74, 6) is 0.0938. The molecule has 17 heavy (non-hydrogen) atoms. The van der Waals surface area contributed by atoms with Crippen LogP contribution in [-0.2, 0) is 0 Å². The summed E-state index contributed by atoms with van der Waals surface area (Å²) in [6.07, 6.45) is 1.10. The largest absolute Gasteiger partial charge is 0.338 e. The van der Waals surface area contributed by atoms with Crippen molar-refractivity contribution in [2.45, 2.75) is 20.3 Å². The van der Waals surface area contributed by atoms with E-state index >= 15 is 0 Å². The van der Waals surface area contributed by atoms with Crippen molar-refractivity contribution in [2.75, 3.05) is 13.1 Å². The lowest BCUT2D eigenvalue weighted by Gasteiger charge is -2.31. The van der Waals surface area contributed by atoms with Gasteiger partial charge < -0.3 is 4.90 Å². The van der Waals surface area contributed by atoms with Gasteiger partial charge in [-0.25, -0.2) is 4.98 Å². The van der Waals surface area contributed by atoms with Crippen molar-refractivity contribution in [3.8, 4) is 0 Å². The van der Waals surface area contributed by atoms with E-state index in [4.69, 9.17) is 0 Å². The molecular formula is C12H14N4O. The molecule has 1 N–H and O–H groups in total. The number of hydrogen-bond acceptors (Lipinski definition) is 3. The van der Waals surface area contributed by atoms with Crippen LogP contribution in [0.4, 0.5) is 0 Å². The molecule has 0 radical (unpaired) electrons. The van der Waals surface area contributed by atoms with E-state index in [2.05, 4.69) is 15.2 Å². The highest BCUT2D eigenvalue weighted by molar-refractivity contribution is 6.06. The molecular weight excluding hydrogens is 216 g/mol. The highest BCUT2D eigenvalue weighted by Crippen LogP contribution is 2.23. The second kappa shape index (κ2) is 3.55. The monoisotopic (exact) mass is 230 g/mol. The summed E-state index contributed by atoms with van der Waals surface area (Å²) in [5, 5.41) is 7.86. The van der Waals surface area contributed by atoms with Crippen LogP contribution in [0.3, 0.4) is 0 Å². The van der Waals surface area contributed by atoms with Crippen LogP contribution in [0.2, 0.25) is 0 Å². The fourth-order valence-electron chi connectivity index (χ4n) is 2.16. The van der Waals surface area contributed by atoms with Gasteiger partial charge in [-0.2, -0.15) is 5.10 Å². The van der Waals surface area contributed by atoms with Crippen LogP contribution in [0.25, 0.3) is 11.0 Å². The van der Waals surface area contributed by atoms with Crippen LogP contribution in [0.1, 0.15) is 28.2 Å². The number of aromatic amines is 1. The van der Waals surface area contributed by atoms with E-state index in [0.717, 1.165) is 41.8 Å². The number of fused-ring (bicyclic) bond motifs is 1. The van der Waals surface area contributed by atoms with Gasteiger partial charge in [-0.15, -0.1) is 0 Å². The zero-order valence-electron chi connectivity index (χ0n) is 9.95. The van der Waals surface area contributed by atoms with Gasteiger partial charge in [-0.05, 0) is 26.3 Å². The third-order valence-electron chi connectivity index (χ3n) is 3.21. The first kappa shape index (κ1) is 10.3. The number of nitrogens with one attached hydrogen (secondary N) is 1. The van der Waals surface area contributed by atoms with Crippen molar-refractivity contribution in [1.82, 2.24) is 20.1 Å². The standard InChI is InChI=1S/C12H14N4O/c1-7-6-9(12(17)16-4-3-5-16)10-8(2)14-15-11(10)13-7/h6H,3-5H2,1-2H3,(H,13,14,15). The van der Waals surface area contributed by atoms with E-state index in [-0.39, 0.29) is 5.91 Å². The number of carbonyl (C=O) groups is 1. The van der Waals surface area contributed by atoms with Gasteiger partial charge in [0.1, 0.15) is 0 Å². The van der Waals surface area contributed by atoms with Crippen molar-refractivity contribution < 1.29 is 4.79 Å². The van der Waals surface area contributed by atoms with Gasteiger partial charge in [0.15, 0.2) is 5.65 Å². The van der Waals surface area contributed by atoms with Gasteiger partial charge in [0, 0.05) is 24.5 Å². The fourth-order valence-corrected chi connectivity index (χ4v) is 2.16. The van der Waals surface area contributed by atoms with Gasteiger partial charge in [0.25, 0.3) is 5.91 Å². The normalized spacial score (nSPS) is 15.1. The van der Waals surface area contributed by atoms with Gasteiger partial charge in [0.05, 0.1) is 10.9 Å². The zero-order chi connectivity index (χ0) is 12.0. The molecule has 1 aliphatic heterocycles. The topological polar surface area (TPSA) is 61.9 Å². The van der Waals surface area contributed by atoms with Gasteiger partial charge in [-0.3, -0.25) is 9.89 Å². The number of carbonyl (C=O) groups excluding carboxylic acids is 1. The Morgan fingerprint density at radius 2 is 2.18 bits per heavy atom. The summed E-state index contributed by atoms with van der Waals surface area (Å²) in [6.45, 7) is 5.52. The lowest BCUT2D eigenvalue weighted by atomic mass is 10.1. The van der Waals surface area contributed by atoms with Crippen LogP contribution in [0.15, 0.2) is 6.07 Å². The highest BCUT2D eigenvalue weighted by atomic mass is 16.2. The first-order valence-corrected chi connectivity index (χ1v) is 5.78. The SMILES string of the molecule is Cc1cc(C(=O)N2CCC2)c2c(C)[nH]nc2n1. The minimum atomic E-state index is 0.0938. The average molecular weight is 230 g/mol. The van der Waals surface area contributed by atoms with E-state index in [1.165, 1.54) is 0 Å². The minimum absolute atomic E-state index is 0.0938. The lowest BCUT2D eigenvalue weighted by molar-refractivity contribution is 0.0653. The maximum atomic E-state index is 12.3. The van der Waals surface area contributed by atoms with Crippen LogP contribution in [-0.4, -0.2) is 39.1 Å². The Labute approximate surface area is 98.8 Å². The molecule has 0 saturated carbocycles. The summed E-state index contributed by atoms with van der Waals surface area (Å²) < 4.78 is 0. The summed E-state index contributed by atoms with van der Waals surface area (Å²) in [4.78, 5) is 18.5. The Bertz CT molecular complexity index is 598. The predicted octanol–water partition coefficient (Wildman–Crippen LogP) is 1.42. The second-order valence-corrected chi connectivity index (χ2v) is 4.50. The number of aryl methyl sites for hydroxylation is 2. The Morgan fingerprint density at radius 1 is 1.41 bits per heavy atom. The van der Waals surface area contributed by atoms with E-state index in [1.54, 1.807) is 0 Å². The van der Waals surface area contributed by atoms with Crippen molar-refractivity contribution in [1.29, 1.82) is 0 Å². The minimum Gasteiger partial charge on any atom is -0.338 e. The molecule has 1 saturated heterocycles. The van der Waals surface area contributed by atoms with Crippen molar-refractivity contribution in [2.24, 2.45) is 0 Å². The molecule has 0 unspecified atom stereocenters.